The molecule has 0 aliphatic carbocycles. The Morgan fingerprint density at radius 3 is 2.42 bits per heavy atom. The van der Waals surface area contributed by atoms with Gasteiger partial charge in [0.15, 0.2) is 0 Å². The van der Waals surface area contributed by atoms with E-state index in [1.807, 2.05) is 36.6 Å². The van der Waals surface area contributed by atoms with E-state index in [9.17, 15) is 9.59 Å². The van der Waals surface area contributed by atoms with Crippen molar-refractivity contribution in [2.45, 2.75) is 32.9 Å². The van der Waals surface area contributed by atoms with Gasteiger partial charge in [-0.1, -0.05) is 19.1 Å². The van der Waals surface area contributed by atoms with Crippen LogP contribution >= 0.6 is 11.3 Å². The maximum absolute atomic E-state index is 12.7. The van der Waals surface area contributed by atoms with Gasteiger partial charge in [0.1, 0.15) is 17.7 Å². The number of hydrazine groups is 2. The Labute approximate surface area is 195 Å². The van der Waals surface area contributed by atoms with E-state index in [0.717, 1.165) is 23.1 Å². The van der Waals surface area contributed by atoms with Crippen molar-refractivity contribution in [3.8, 4) is 0 Å². The number of carbonyl (C=O) groups is 2. The largest absolute Gasteiger partial charge is 0.347 e. The number of amidine groups is 1. The molecule has 2 aromatic heterocycles. The molecule has 33 heavy (non-hydrogen) atoms. The van der Waals surface area contributed by atoms with E-state index in [-0.39, 0.29) is 23.3 Å². The van der Waals surface area contributed by atoms with Gasteiger partial charge in [-0.3, -0.25) is 15.4 Å². The molecule has 0 radical (unpaired) electrons. The number of aromatic nitrogens is 2. The number of hydrazone groups is 1. The molecule has 2 heterocycles. The summed E-state index contributed by atoms with van der Waals surface area (Å²) < 4.78 is 0. The van der Waals surface area contributed by atoms with E-state index >= 15 is 0 Å². The first-order chi connectivity index (χ1) is 15.9. The van der Waals surface area contributed by atoms with Crippen LogP contribution in [-0.2, 0) is 13.0 Å². The molecule has 0 aliphatic rings. The Hall–Kier alpha value is -3.83. The highest BCUT2D eigenvalue weighted by Gasteiger charge is 2.17. The molecule has 172 valence electrons. The molecule has 0 saturated carbocycles. The lowest BCUT2D eigenvalue weighted by atomic mass is 10.1. The van der Waals surface area contributed by atoms with Crippen molar-refractivity contribution >= 4 is 29.0 Å². The van der Waals surface area contributed by atoms with Crippen LogP contribution in [-0.4, -0.2) is 27.6 Å². The molecule has 11 heteroatoms. The van der Waals surface area contributed by atoms with Crippen molar-refractivity contribution in [3.63, 3.8) is 0 Å². The first-order valence-electron chi connectivity index (χ1n) is 10.3. The maximum atomic E-state index is 12.7. The second-order valence-corrected chi connectivity index (χ2v) is 8.22. The van der Waals surface area contributed by atoms with Crippen molar-refractivity contribution in [2.24, 2.45) is 11.7 Å². The summed E-state index contributed by atoms with van der Waals surface area (Å²) in [7, 11) is 0. The Morgan fingerprint density at radius 2 is 1.82 bits per heavy atom. The summed E-state index contributed by atoms with van der Waals surface area (Å²) in [6.45, 7) is 4.33. The van der Waals surface area contributed by atoms with E-state index in [1.54, 1.807) is 11.3 Å². The van der Waals surface area contributed by atoms with Crippen molar-refractivity contribution < 1.29 is 14.7 Å². The monoisotopic (exact) mass is 467 g/mol. The van der Waals surface area contributed by atoms with Crippen LogP contribution in [0.4, 0.5) is 0 Å². The number of nitrogens with two attached hydrogens (primary N) is 2. The van der Waals surface area contributed by atoms with Crippen LogP contribution < -0.4 is 32.8 Å². The van der Waals surface area contributed by atoms with Gasteiger partial charge >= 0.3 is 5.84 Å². The lowest BCUT2D eigenvalue weighted by Gasteiger charge is -2.14. The first kappa shape index (κ1) is 23.8. The zero-order valence-corrected chi connectivity index (χ0v) is 19.2. The summed E-state index contributed by atoms with van der Waals surface area (Å²) in [5, 5.41) is 10.2. The maximum Gasteiger partial charge on any atom is 0.315 e. The van der Waals surface area contributed by atoms with Gasteiger partial charge in [0.2, 0.25) is 0 Å². The number of hydrogen-bond donors (Lipinski definition) is 6. The van der Waals surface area contributed by atoms with E-state index in [2.05, 4.69) is 44.1 Å². The summed E-state index contributed by atoms with van der Waals surface area (Å²) >= 11 is 1.66. The van der Waals surface area contributed by atoms with Crippen molar-refractivity contribution in [1.82, 2.24) is 26.0 Å². The van der Waals surface area contributed by atoms with Gasteiger partial charge in [0, 0.05) is 17.5 Å². The van der Waals surface area contributed by atoms with Crippen LogP contribution in [0.3, 0.4) is 0 Å². The van der Waals surface area contributed by atoms with E-state index in [4.69, 9.17) is 11.7 Å². The molecule has 0 aliphatic heterocycles. The number of hydrogen-bond acceptors (Lipinski definition) is 7. The van der Waals surface area contributed by atoms with Gasteiger partial charge in [-0.15, -0.1) is 11.3 Å². The molecule has 1 atom stereocenters. The van der Waals surface area contributed by atoms with Crippen molar-refractivity contribution in [3.05, 3.63) is 81.1 Å². The van der Waals surface area contributed by atoms with Gasteiger partial charge < -0.3 is 10.6 Å². The number of aryl methyl sites for hydroxylation is 1. The number of carbonyl (C=O) groups excluding carboxylic acids is 2. The fourth-order valence-electron chi connectivity index (χ4n) is 3.08. The Morgan fingerprint density at radius 1 is 1.12 bits per heavy atom. The standard InChI is InChI=1S/C22H26N8O2S/c1-3-17-8-14(11-33-17)10-25-21(31)18-9-19(27-12-26-18)22(32)28-13(2)15-4-6-16(7-5-15)20(29-23)30-24/h4-9,11-13H,3,10,23-24H2,1-2H3,(H,25,31)(H,28,32)(H,29,30)/p+1/t13-/m0/s1. The molecule has 1 aromatic carbocycles. The second-order valence-electron chi connectivity index (χ2n) is 7.23. The van der Waals surface area contributed by atoms with Gasteiger partial charge in [-0.05, 0) is 48.1 Å². The molecule has 0 spiro atoms. The smallest absolute Gasteiger partial charge is 0.315 e. The van der Waals surface area contributed by atoms with Crippen LogP contribution in [0.15, 0.2) is 48.1 Å². The van der Waals surface area contributed by atoms with Crippen LogP contribution in [0.5, 0.6) is 0 Å². The lowest BCUT2D eigenvalue weighted by Crippen LogP contribution is -2.83. The molecule has 8 N–H and O–H groups in total. The molecule has 2 amide bonds. The quantitative estimate of drug-likeness (QED) is 0.115. The summed E-state index contributed by atoms with van der Waals surface area (Å²) in [5.41, 5.74) is 5.38. The minimum absolute atomic E-state index is 0.109. The zero-order chi connectivity index (χ0) is 23.8. The zero-order valence-electron chi connectivity index (χ0n) is 18.4. The summed E-state index contributed by atoms with van der Waals surface area (Å²) in [6, 6.07) is 10.5. The van der Waals surface area contributed by atoms with Crippen LogP contribution in [0.2, 0.25) is 0 Å². The van der Waals surface area contributed by atoms with Crippen molar-refractivity contribution in [1.29, 1.82) is 0 Å². The highest BCUT2D eigenvalue weighted by molar-refractivity contribution is 7.10. The van der Waals surface area contributed by atoms with Crippen molar-refractivity contribution in [2.75, 3.05) is 0 Å². The highest BCUT2D eigenvalue weighted by Crippen LogP contribution is 2.16. The minimum atomic E-state index is -0.409. The Balaban J connectivity index is 1.62. The SMILES string of the molecule is CCc1cc(CNC(=O)c2cc(C(=O)N[C@@H](C)c3ccc(/C(NN)=[NH+]/N)cc3)ncn2)cs1. The van der Waals surface area contributed by atoms with E-state index < -0.39 is 5.91 Å². The molecule has 0 unspecified atom stereocenters. The van der Waals surface area contributed by atoms with Gasteiger partial charge in [0.25, 0.3) is 11.8 Å². The fourth-order valence-corrected chi connectivity index (χ4v) is 3.92. The Bertz CT molecular complexity index is 1140. The average Bonchev–Trinajstić information content (AvgIpc) is 3.32. The van der Waals surface area contributed by atoms with Crippen LogP contribution in [0.1, 0.15) is 62.4 Å². The van der Waals surface area contributed by atoms with Crippen LogP contribution in [0.25, 0.3) is 0 Å². The molecule has 0 fully saturated rings. The minimum Gasteiger partial charge on any atom is -0.347 e. The normalized spacial score (nSPS) is 12.2. The van der Waals surface area contributed by atoms with Gasteiger partial charge in [-0.2, -0.15) is 16.4 Å². The average molecular weight is 468 g/mol. The molecular formula is C22H27N8O2S+. The lowest BCUT2D eigenvalue weighted by molar-refractivity contribution is -0.471. The van der Waals surface area contributed by atoms with Gasteiger partial charge in [0.05, 0.1) is 11.6 Å². The summed E-state index contributed by atoms with van der Waals surface area (Å²) in [5.74, 6) is 10.5. The first-order valence-corrected chi connectivity index (χ1v) is 11.2. The number of amides is 2. The molecule has 3 rings (SSSR count). The number of rotatable bonds is 8. The summed E-state index contributed by atoms with van der Waals surface area (Å²) in [4.78, 5) is 34.5. The fraction of sp³-hybridized carbons (Fsp3) is 0.227. The number of benzene rings is 1. The van der Waals surface area contributed by atoms with Gasteiger partial charge in [-0.25, -0.2) is 9.97 Å². The topological polar surface area (TPSA) is 162 Å². The summed E-state index contributed by atoms with van der Waals surface area (Å²) in [6.07, 6.45) is 2.17. The molecule has 10 nitrogen and oxygen atoms in total. The number of nitrogens with one attached hydrogen (secondary N) is 4. The Kier molecular flexibility index (Phi) is 8.06. The molecular weight excluding hydrogens is 440 g/mol. The third-order valence-electron chi connectivity index (χ3n) is 4.98. The highest BCUT2D eigenvalue weighted by atomic mass is 32.1. The number of thiophene rings is 1. The third kappa shape index (κ3) is 6.11. The molecule has 0 saturated heterocycles. The second kappa shape index (κ2) is 11.2. The number of nitrogens with zero attached hydrogens (tertiary/aromatic N) is 2. The third-order valence-corrected chi connectivity index (χ3v) is 6.11. The molecule has 0 bridgehead atoms. The predicted molar refractivity (Wildman–Crippen MR) is 126 cm³/mol. The van der Waals surface area contributed by atoms with E-state index in [0.29, 0.717) is 12.4 Å². The van der Waals surface area contributed by atoms with Crippen LogP contribution in [0, 0.1) is 0 Å². The van der Waals surface area contributed by atoms with E-state index in [1.165, 1.54) is 17.3 Å². The molecule has 3 aromatic rings. The predicted octanol–water partition coefficient (Wildman–Crippen LogP) is -0.314.